The molecular weight excluding hydrogens is 301 g/mol. The topological polar surface area (TPSA) is 38.3 Å². The fourth-order valence-corrected chi connectivity index (χ4v) is 2.71. The molecule has 0 unspecified atom stereocenters. The Bertz CT molecular complexity index is 602. The molecule has 1 aromatic carbocycles. The molecular formula is C14H13ClFNO2S. The molecule has 0 radical (unpaired) electrons. The highest BCUT2D eigenvalue weighted by Gasteiger charge is 2.14. The van der Waals surface area contributed by atoms with Crippen molar-refractivity contribution in [2.45, 2.75) is 6.10 Å². The number of hydrogen-bond donors (Lipinski definition) is 1. The van der Waals surface area contributed by atoms with Gasteiger partial charge in [-0.1, -0.05) is 23.7 Å². The second kappa shape index (κ2) is 6.83. The SMILES string of the molecule is CO[C@H](CNC(=O)c1ccc(Cl)s1)c1cccc(F)c1. The third-order valence-corrected chi connectivity index (χ3v) is 3.98. The van der Waals surface area contributed by atoms with Crippen molar-refractivity contribution in [3.8, 4) is 0 Å². The van der Waals surface area contributed by atoms with Crippen LogP contribution in [0.3, 0.4) is 0 Å². The summed E-state index contributed by atoms with van der Waals surface area (Å²) in [5.41, 5.74) is 0.678. The number of hydrogen-bond acceptors (Lipinski definition) is 3. The highest BCUT2D eigenvalue weighted by Crippen LogP contribution is 2.22. The Hall–Kier alpha value is -1.43. The van der Waals surface area contributed by atoms with E-state index >= 15 is 0 Å². The summed E-state index contributed by atoms with van der Waals surface area (Å²) in [6, 6.07) is 9.45. The van der Waals surface area contributed by atoms with Crippen LogP contribution in [0.25, 0.3) is 0 Å². The minimum Gasteiger partial charge on any atom is -0.375 e. The summed E-state index contributed by atoms with van der Waals surface area (Å²) < 4.78 is 19.0. The van der Waals surface area contributed by atoms with E-state index in [1.807, 2.05) is 0 Å². The van der Waals surface area contributed by atoms with Crippen molar-refractivity contribution >= 4 is 28.8 Å². The van der Waals surface area contributed by atoms with Gasteiger partial charge in [-0.2, -0.15) is 0 Å². The Kier molecular flexibility index (Phi) is 5.11. The van der Waals surface area contributed by atoms with Gasteiger partial charge in [-0.25, -0.2) is 4.39 Å². The lowest BCUT2D eigenvalue weighted by atomic mass is 10.1. The Morgan fingerprint density at radius 3 is 2.85 bits per heavy atom. The Balaban J connectivity index is 1.99. The van der Waals surface area contributed by atoms with E-state index in [1.165, 1.54) is 30.6 Å². The van der Waals surface area contributed by atoms with Crippen molar-refractivity contribution < 1.29 is 13.9 Å². The zero-order chi connectivity index (χ0) is 14.5. The Labute approximate surface area is 125 Å². The highest BCUT2D eigenvalue weighted by atomic mass is 35.5. The fraction of sp³-hybridized carbons (Fsp3) is 0.214. The van der Waals surface area contributed by atoms with Crippen LogP contribution in [0, 0.1) is 5.82 Å². The third-order valence-electron chi connectivity index (χ3n) is 2.75. The molecule has 2 aromatic rings. The van der Waals surface area contributed by atoms with E-state index in [0.29, 0.717) is 14.8 Å². The predicted molar refractivity (Wildman–Crippen MR) is 77.8 cm³/mol. The van der Waals surface area contributed by atoms with Crippen molar-refractivity contribution in [1.82, 2.24) is 5.32 Å². The zero-order valence-corrected chi connectivity index (χ0v) is 12.3. The third kappa shape index (κ3) is 3.79. The molecule has 20 heavy (non-hydrogen) atoms. The summed E-state index contributed by atoms with van der Waals surface area (Å²) >= 11 is 6.99. The molecule has 0 aliphatic rings. The summed E-state index contributed by atoms with van der Waals surface area (Å²) in [6.45, 7) is 0.258. The van der Waals surface area contributed by atoms with Crippen LogP contribution in [0.5, 0.6) is 0 Å². The minimum absolute atomic E-state index is 0.222. The molecule has 0 aliphatic heterocycles. The molecule has 1 heterocycles. The monoisotopic (exact) mass is 313 g/mol. The van der Waals surface area contributed by atoms with Gasteiger partial charge in [0, 0.05) is 13.7 Å². The average molecular weight is 314 g/mol. The van der Waals surface area contributed by atoms with Gasteiger partial charge >= 0.3 is 0 Å². The van der Waals surface area contributed by atoms with Crippen LogP contribution in [-0.4, -0.2) is 19.6 Å². The molecule has 0 spiro atoms. The Morgan fingerprint density at radius 2 is 2.25 bits per heavy atom. The number of ether oxygens (including phenoxy) is 1. The largest absolute Gasteiger partial charge is 0.375 e. The number of nitrogens with one attached hydrogen (secondary N) is 1. The summed E-state index contributed by atoms with van der Waals surface area (Å²) in [4.78, 5) is 12.4. The minimum atomic E-state index is -0.398. The van der Waals surface area contributed by atoms with Gasteiger partial charge in [-0.3, -0.25) is 4.79 Å². The van der Waals surface area contributed by atoms with E-state index in [0.717, 1.165) is 0 Å². The van der Waals surface area contributed by atoms with E-state index in [-0.39, 0.29) is 18.3 Å². The van der Waals surface area contributed by atoms with Gasteiger partial charge in [0.15, 0.2) is 0 Å². The van der Waals surface area contributed by atoms with Crippen LogP contribution in [0.2, 0.25) is 4.34 Å². The van der Waals surface area contributed by atoms with Gasteiger partial charge in [0.05, 0.1) is 15.3 Å². The molecule has 1 atom stereocenters. The van der Waals surface area contributed by atoms with E-state index in [2.05, 4.69) is 5.32 Å². The second-order valence-electron chi connectivity index (χ2n) is 4.09. The first kappa shape index (κ1) is 15.0. The highest BCUT2D eigenvalue weighted by molar-refractivity contribution is 7.17. The molecule has 106 valence electrons. The summed E-state index contributed by atoms with van der Waals surface area (Å²) in [5, 5.41) is 2.75. The molecule has 0 saturated heterocycles. The average Bonchev–Trinajstić information content (AvgIpc) is 2.86. The Morgan fingerprint density at radius 1 is 1.45 bits per heavy atom. The standard InChI is InChI=1S/C14H13ClFNO2S/c1-19-11(9-3-2-4-10(16)7-9)8-17-14(18)12-5-6-13(15)20-12/h2-7,11H,8H2,1H3,(H,17,18)/t11-/m1/s1. The first-order valence-corrected chi connectivity index (χ1v) is 7.11. The number of amides is 1. The number of carbonyl (C=O) groups excluding carboxylic acids is 1. The number of methoxy groups -OCH3 is 1. The van der Waals surface area contributed by atoms with Crippen LogP contribution < -0.4 is 5.32 Å². The van der Waals surface area contributed by atoms with Crippen molar-refractivity contribution in [3.63, 3.8) is 0 Å². The van der Waals surface area contributed by atoms with Crippen LogP contribution in [-0.2, 0) is 4.74 Å². The van der Waals surface area contributed by atoms with Crippen molar-refractivity contribution in [3.05, 3.63) is 57.0 Å². The lowest BCUT2D eigenvalue weighted by Crippen LogP contribution is -2.28. The molecule has 1 N–H and O–H groups in total. The maximum absolute atomic E-state index is 13.2. The number of benzene rings is 1. The number of carbonyl (C=O) groups is 1. The molecule has 6 heteroatoms. The fourth-order valence-electron chi connectivity index (χ4n) is 1.75. The number of rotatable bonds is 5. The summed E-state index contributed by atoms with van der Waals surface area (Å²) in [5.74, 6) is -0.554. The van der Waals surface area contributed by atoms with Gasteiger partial charge in [-0.05, 0) is 29.8 Å². The molecule has 0 bridgehead atoms. The van der Waals surface area contributed by atoms with Gasteiger partial charge < -0.3 is 10.1 Å². The first-order chi connectivity index (χ1) is 9.60. The van der Waals surface area contributed by atoms with E-state index in [9.17, 15) is 9.18 Å². The molecule has 0 fully saturated rings. The van der Waals surface area contributed by atoms with E-state index < -0.39 is 6.10 Å². The molecule has 1 aromatic heterocycles. The lowest BCUT2D eigenvalue weighted by Gasteiger charge is -2.16. The van der Waals surface area contributed by atoms with Crippen molar-refractivity contribution in [2.75, 3.05) is 13.7 Å². The molecule has 0 saturated carbocycles. The summed E-state index contributed by atoms with van der Waals surface area (Å²) in [6.07, 6.45) is -0.398. The smallest absolute Gasteiger partial charge is 0.261 e. The van der Waals surface area contributed by atoms with Gasteiger partial charge in [0.2, 0.25) is 0 Å². The lowest BCUT2D eigenvalue weighted by molar-refractivity contribution is 0.0830. The van der Waals surface area contributed by atoms with Crippen LogP contribution in [0.1, 0.15) is 21.3 Å². The number of thiophene rings is 1. The van der Waals surface area contributed by atoms with E-state index in [1.54, 1.807) is 24.3 Å². The number of halogens is 2. The van der Waals surface area contributed by atoms with Crippen LogP contribution >= 0.6 is 22.9 Å². The molecule has 3 nitrogen and oxygen atoms in total. The molecule has 1 amide bonds. The maximum atomic E-state index is 13.2. The normalized spacial score (nSPS) is 12.2. The van der Waals surface area contributed by atoms with Gasteiger partial charge in [0.1, 0.15) is 5.82 Å². The summed E-state index contributed by atoms with van der Waals surface area (Å²) in [7, 11) is 1.52. The predicted octanol–water partition coefficient (Wildman–Crippen LogP) is 3.66. The van der Waals surface area contributed by atoms with Crippen molar-refractivity contribution in [2.24, 2.45) is 0 Å². The van der Waals surface area contributed by atoms with E-state index in [4.69, 9.17) is 16.3 Å². The quantitative estimate of drug-likeness (QED) is 0.915. The van der Waals surface area contributed by atoms with Gasteiger partial charge in [-0.15, -0.1) is 11.3 Å². The van der Waals surface area contributed by atoms with Crippen LogP contribution in [0.15, 0.2) is 36.4 Å². The first-order valence-electron chi connectivity index (χ1n) is 5.92. The van der Waals surface area contributed by atoms with Gasteiger partial charge in [0.25, 0.3) is 5.91 Å². The second-order valence-corrected chi connectivity index (χ2v) is 5.81. The molecule has 2 rings (SSSR count). The maximum Gasteiger partial charge on any atom is 0.261 e. The zero-order valence-electron chi connectivity index (χ0n) is 10.7. The van der Waals surface area contributed by atoms with Crippen molar-refractivity contribution in [1.29, 1.82) is 0 Å². The van der Waals surface area contributed by atoms with Crippen LogP contribution in [0.4, 0.5) is 4.39 Å². The molecule has 0 aliphatic carbocycles.